The molecule has 0 aliphatic carbocycles. The maximum absolute atomic E-state index is 12.5. The monoisotopic (exact) mass is 420 g/mol. The smallest absolute Gasteiger partial charge is 0.328 e. The number of rotatable bonds is 6. The molecule has 7 nitrogen and oxygen atoms in total. The molecule has 0 atom stereocenters. The van der Waals surface area contributed by atoms with Crippen molar-refractivity contribution >= 4 is 16.8 Å². The van der Waals surface area contributed by atoms with Gasteiger partial charge in [-0.05, 0) is 43.5 Å². The first-order valence-electron chi connectivity index (χ1n) is 10.7. The first-order valence-corrected chi connectivity index (χ1v) is 10.7. The number of carbonyl (C=O) groups excluding carboxylic acids is 1. The Morgan fingerprint density at radius 2 is 1.77 bits per heavy atom. The molecule has 0 fully saturated rings. The highest BCUT2D eigenvalue weighted by Gasteiger charge is 2.30. The van der Waals surface area contributed by atoms with E-state index in [4.69, 9.17) is 0 Å². The number of aromatic amines is 1. The average molecular weight is 421 g/mol. The summed E-state index contributed by atoms with van der Waals surface area (Å²) in [5.41, 5.74) is 2.19. The third-order valence-electron chi connectivity index (χ3n) is 6.17. The molecular weight excluding hydrogens is 392 g/mol. The standard InChI is InChI=1S/C24H28N4O3/c1-24(2,27-13-11-17-7-3-4-8-18(17)15-27)16-25-21(29)12-14-28-20-10-6-5-9-19(20)22(30)26-23(28)31/h3-10H,11-16H2,1-2H3,(H,25,29)(H,26,30,31). The van der Waals surface area contributed by atoms with Gasteiger partial charge in [0.05, 0.1) is 10.9 Å². The van der Waals surface area contributed by atoms with Gasteiger partial charge in [-0.1, -0.05) is 36.4 Å². The van der Waals surface area contributed by atoms with E-state index in [0.717, 1.165) is 19.5 Å². The van der Waals surface area contributed by atoms with Gasteiger partial charge in [0.2, 0.25) is 5.91 Å². The van der Waals surface area contributed by atoms with Crippen molar-refractivity contribution in [1.29, 1.82) is 0 Å². The van der Waals surface area contributed by atoms with Crippen LogP contribution in [0, 0.1) is 0 Å². The van der Waals surface area contributed by atoms with Crippen molar-refractivity contribution in [3.63, 3.8) is 0 Å². The minimum atomic E-state index is -0.496. The fraction of sp³-hybridized carbons (Fsp3) is 0.375. The van der Waals surface area contributed by atoms with Gasteiger partial charge in [0.25, 0.3) is 5.56 Å². The minimum Gasteiger partial charge on any atom is -0.354 e. The van der Waals surface area contributed by atoms with Crippen molar-refractivity contribution < 1.29 is 4.79 Å². The molecule has 1 aromatic heterocycles. The van der Waals surface area contributed by atoms with Gasteiger partial charge >= 0.3 is 5.69 Å². The lowest BCUT2D eigenvalue weighted by atomic mass is 9.94. The lowest BCUT2D eigenvalue weighted by molar-refractivity contribution is -0.121. The lowest BCUT2D eigenvalue weighted by Gasteiger charge is -2.41. The highest BCUT2D eigenvalue weighted by molar-refractivity contribution is 5.78. The highest BCUT2D eigenvalue weighted by Crippen LogP contribution is 2.24. The summed E-state index contributed by atoms with van der Waals surface area (Å²) in [5, 5.41) is 3.46. The number of fused-ring (bicyclic) bond motifs is 2. The molecule has 0 saturated carbocycles. The molecule has 2 heterocycles. The number of H-pyrrole nitrogens is 1. The summed E-state index contributed by atoms with van der Waals surface area (Å²) in [6.07, 6.45) is 1.17. The topological polar surface area (TPSA) is 87.2 Å². The number of hydrogen-bond donors (Lipinski definition) is 2. The van der Waals surface area contributed by atoms with Gasteiger partial charge < -0.3 is 5.32 Å². The van der Waals surface area contributed by atoms with E-state index in [1.807, 2.05) is 0 Å². The van der Waals surface area contributed by atoms with Crippen LogP contribution in [-0.4, -0.2) is 39.0 Å². The molecule has 7 heteroatoms. The van der Waals surface area contributed by atoms with Gasteiger partial charge in [-0.15, -0.1) is 0 Å². The van der Waals surface area contributed by atoms with Crippen LogP contribution in [0.15, 0.2) is 58.1 Å². The normalized spacial score (nSPS) is 14.4. The molecule has 1 aliphatic heterocycles. The van der Waals surface area contributed by atoms with E-state index in [9.17, 15) is 14.4 Å². The predicted molar refractivity (Wildman–Crippen MR) is 121 cm³/mol. The zero-order valence-corrected chi connectivity index (χ0v) is 18.0. The second kappa shape index (κ2) is 8.51. The van der Waals surface area contributed by atoms with Crippen molar-refractivity contribution in [3.8, 4) is 0 Å². The summed E-state index contributed by atoms with van der Waals surface area (Å²) in [7, 11) is 0. The van der Waals surface area contributed by atoms with E-state index in [0.29, 0.717) is 17.4 Å². The summed E-state index contributed by atoms with van der Waals surface area (Å²) in [4.78, 5) is 41.5. The first kappa shape index (κ1) is 21.1. The Morgan fingerprint density at radius 1 is 1.06 bits per heavy atom. The second-order valence-corrected chi connectivity index (χ2v) is 8.71. The number of carbonyl (C=O) groups is 1. The van der Waals surface area contributed by atoms with Gasteiger partial charge in [-0.3, -0.25) is 24.0 Å². The largest absolute Gasteiger partial charge is 0.354 e. The summed E-state index contributed by atoms with van der Waals surface area (Å²) >= 11 is 0. The fourth-order valence-electron chi connectivity index (χ4n) is 4.21. The number of amides is 1. The summed E-state index contributed by atoms with van der Waals surface area (Å²) in [6.45, 7) is 6.84. The zero-order chi connectivity index (χ0) is 22.0. The highest BCUT2D eigenvalue weighted by atomic mass is 16.2. The van der Waals surface area contributed by atoms with Crippen LogP contribution in [0.5, 0.6) is 0 Å². The minimum absolute atomic E-state index is 0.118. The van der Waals surface area contributed by atoms with Crippen LogP contribution >= 0.6 is 0 Å². The van der Waals surface area contributed by atoms with Gasteiger partial charge in [-0.25, -0.2) is 4.79 Å². The molecule has 162 valence electrons. The number of para-hydroxylation sites is 1. The third-order valence-corrected chi connectivity index (χ3v) is 6.17. The Bertz CT molecular complexity index is 1230. The Kier molecular flexibility index (Phi) is 5.78. The maximum atomic E-state index is 12.5. The predicted octanol–water partition coefficient (Wildman–Crippen LogP) is 2.03. The second-order valence-electron chi connectivity index (χ2n) is 8.71. The Balaban J connectivity index is 1.37. The zero-order valence-electron chi connectivity index (χ0n) is 18.0. The van der Waals surface area contributed by atoms with Crippen molar-refractivity contribution in [2.75, 3.05) is 13.1 Å². The number of nitrogens with one attached hydrogen (secondary N) is 2. The Morgan fingerprint density at radius 3 is 2.58 bits per heavy atom. The number of aryl methyl sites for hydroxylation is 1. The maximum Gasteiger partial charge on any atom is 0.328 e. The molecule has 0 saturated heterocycles. The molecule has 4 rings (SSSR count). The van der Waals surface area contributed by atoms with Crippen molar-refractivity contribution in [1.82, 2.24) is 19.8 Å². The van der Waals surface area contributed by atoms with E-state index >= 15 is 0 Å². The molecule has 31 heavy (non-hydrogen) atoms. The van der Waals surface area contributed by atoms with E-state index in [-0.39, 0.29) is 24.4 Å². The van der Waals surface area contributed by atoms with E-state index in [1.54, 1.807) is 24.3 Å². The number of hydrogen-bond acceptors (Lipinski definition) is 4. The summed E-state index contributed by atoms with van der Waals surface area (Å²) in [5.74, 6) is -0.118. The van der Waals surface area contributed by atoms with Crippen LogP contribution in [0.3, 0.4) is 0 Å². The van der Waals surface area contributed by atoms with Gasteiger partial charge in [-0.2, -0.15) is 0 Å². The Hall–Kier alpha value is -3.19. The van der Waals surface area contributed by atoms with Crippen LogP contribution in [0.2, 0.25) is 0 Å². The molecule has 3 aromatic rings. The quantitative estimate of drug-likeness (QED) is 0.639. The van der Waals surface area contributed by atoms with Crippen LogP contribution in [-0.2, 0) is 24.3 Å². The molecule has 0 radical (unpaired) electrons. The molecule has 0 spiro atoms. The van der Waals surface area contributed by atoms with Crippen molar-refractivity contribution in [2.24, 2.45) is 0 Å². The van der Waals surface area contributed by atoms with Crippen LogP contribution in [0.1, 0.15) is 31.4 Å². The number of benzene rings is 2. The fourth-order valence-corrected chi connectivity index (χ4v) is 4.21. The van der Waals surface area contributed by atoms with E-state index in [1.165, 1.54) is 15.7 Å². The third kappa shape index (κ3) is 4.46. The van der Waals surface area contributed by atoms with E-state index < -0.39 is 11.2 Å². The van der Waals surface area contributed by atoms with Crippen LogP contribution in [0.25, 0.3) is 10.9 Å². The van der Waals surface area contributed by atoms with Gasteiger partial charge in [0, 0.05) is 38.1 Å². The number of nitrogens with zero attached hydrogens (tertiary/aromatic N) is 2. The van der Waals surface area contributed by atoms with Crippen molar-refractivity contribution in [3.05, 3.63) is 80.5 Å². The molecule has 2 aromatic carbocycles. The molecule has 0 bridgehead atoms. The molecular formula is C24H28N4O3. The van der Waals surface area contributed by atoms with Crippen LogP contribution < -0.4 is 16.6 Å². The average Bonchev–Trinajstić information content (AvgIpc) is 2.77. The summed E-state index contributed by atoms with van der Waals surface area (Å²) in [6, 6.07) is 15.4. The Labute approximate surface area is 180 Å². The van der Waals surface area contributed by atoms with Gasteiger partial charge in [0.15, 0.2) is 0 Å². The van der Waals surface area contributed by atoms with Gasteiger partial charge in [0.1, 0.15) is 0 Å². The molecule has 2 N–H and O–H groups in total. The number of aromatic nitrogens is 2. The molecule has 1 amide bonds. The molecule has 0 unspecified atom stereocenters. The van der Waals surface area contributed by atoms with E-state index in [2.05, 4.69) is 53.3 Å². The van der Waals surface area contributed by atoms with Crippen LogP contribution in [0.4, 0.5) is 0 Å². The lowest BCUT2D eigenvalue weighted by Crippen LogP contribution is -2.53. The SMILES string of the molecule is CC(C)(CNC(=O)CCn1c(=O)[nH]c(=O)c2ccccc21)N1CCc2ccccc2C1. The first-order chi connectivity index (χ1) is 14.8. The molecule has 1 aliphatic rings. The summed E-state index contributed by atoms with van der Waals surface area (Å²) < 4.78 is 1.45. The van der Waals surface area contributed by atoms with Crippen molar-refractivity contribution in [2.45, 2.75) is 45.3 Å².